The van der Waals surface area contributed by atoms with Crippen LogP contribution in [0.2, 0.25) is 0 Å². The van der Waals surface area contributed by atoms with E-state index >= 15 is 0 Å². The van der Waals surface area contributed by atoms with Crippen LogP contribution in [0.5, 0.6) is 0 Å². The molecule has 0 saturated carbocycles. The van der Waals surface area contributed by atoms with Crippen LogP contribution in [0, 0.1) is 0 Å². The third-order valence-corrected chi connectivity index (χ3v) is 0. The maximum absolute atomic E-state index is 8.17. The Hall–Kier alpha value is 0.0600. The summed E-state index contributed by atoms with van der Waals surface area (Å²) in [6.07, 6.45) is 0. The van der Waals surface area contributed by atoms with Crippen LogP contribution >= 0.6 is 9.12 Å². The predicted molar refractivity (Wildman–Crippen MR) is 18.5 cm³/mol. The summed E-state index contributed by atoms with van der Waals surface area (Å²) in [7, 11) is 2.17. The molecular weight excluding hydrogens is 75.0 g/mol. The Labute approximate surface area is 27.1 Å². The molecule has 0 aromatic carbocycles. The van der Waals surface area contributed by atoms with E-state index in [1.807, 2.05) is 0 Å². The van der Waals surface area contributed by atoms with Crippen LogP contribution in [0.15, 0.2) is 0 Å². The van der Waals surface area contributed by atoms with Crippen LogP contribution in [0.3, 0.4) is 0 Å². The summed E-state index contributed by atoms with van der Waals surface area (Å²) < 4.78 is 8.17. The monoisotopic (exact) mass is 81.0 g/mol. The highest BCUT2D eigenvalue weighted by molar-refractivity contribution is 7.00. The van der Waals surface area contributed by atoms with E-state index < -0.39 is 0 Å². The van der Waals surface area contributed by atoms with Crippen LogP contribution in [0.4, 0.5) is 0 Å². The van der Waals surface area contributed by atoms with Gasteiger partial charge in [-0.1, -0.05) is 4.57 Å². The highest BCUT2D eigenvalue weighted by Crippen LogP contribution is 1.23. The van der Waals surface area contributed by atoms with Gasteiger partial charge in [0.05, 0.1) is 0 Å². The molecule has 0 bridgehead atoms. The van der Waals surface area contributed by atoms with E-state index in [9.17, 15) is 0 Å². The lowest BCUT2D eigenvalue weighted by atomic mass is 11.8. The maximum Gasteiger partial charge on any atom is 0.310 e. The first-order valence-corrected chi connectivity index (χ1v) is 1.15. The molecule has 0 aromatic rings. The molecule has 0 heterocycles. The van der Waals surface area contributed by atoms with Gasteiger partial charge in [-0.05, 0) is 0 Å². The summed E-state index contributed by atoms with van der Waals surface area (Å²) in [5.41, 5.74) is 0. The maximum atomic E-state index is 8.17. The molecule has 0 aliphatic carbocycles. The van der Waals surface area contributed by atoms with Crippen molar-refractivity contribution >= 4 is 9.12 Å². The van der Waals surface area contributed by atoms with E-state index in [1.165, 1.54) is 9.12 Å². The molecule has 26 valence electrons. The quantitative estimate of drug-likeness (QED) is 0.410. The van der Waals surface area contributed by atoms with Crippen molar-refractivity contribution in [3.05, 3.63) is 0 Å². The van der Waals surface area contributed by atoms with Crippen LogP contribution in [0.25, 0.3) is 0 Å². The van der Waals surface area contributed by atoms with Crippen molar-refractivity contribution < 1.29 is 9.67 Å². The van der Waals surface area contributed by atoms with Gasteiger partial charge in [-0.25, -0.2) is 0 Å². The fraction of sp³-hybridized carbons (Fsp3) is 1.00. The summed E-state index contributed by atoms with van der Waals surface area (Å²) in [4.78, 5) is 0. The van der Waals surface area contributed by atoms with Crippen molar-refractivity contribution in [3.8, 4) is 0 Å². The lowest BCUT2D eigenvalue weighted by Gasteiger charge is -1.21. The van der Waals surface area contributed by atoms with Gasteiger partial charge in [0.2, 0.25) is 0 Å². The molecule has 0 amide bonds. The zero-order valence-electron chi connectivity index (χ0n) is 2.43. The van der Waals surface area contributed by atoms with Gasteiger partial charge in [0.15, 0.2) is 0 Å². The second-order valence-corrected chi connectivity index (χ2v) is 0. The van der Waals surface area contributed by atoms with Crippen LogP contribution in [-0.4, -0.2) is 12.2 Å². The van der Waals surface area contributed by atoms with Crippen molar-refractivity contribution in [1.29, 1.82) is 0 Å². The molecule has 2 nitrogen and oxygen atoms in total. The first-order chi connectivity index (χ1) is 2.00. The molecule has 0 spiro atoms. The van der Waals surface area contributed by atoms with Crippen LogP contribution in [-0.2, 0) is 4.57 Å². The van der Waals surface area contributed by atoms with Crippen molar-refractivity contribution in [2.75, 3.05) is 7.11 Å². The number of aliphatic hydroxyl groups excluding tert-OH is 1. The van der Waals surface area contributed by atoms with E-state index in [0.717, 1.165) is 7.11 Å². The molecule has 1 unspecified atom stereocenters. The normalized spacial score (nSPS) is 2.50. The Balaban J connectivity index is 0. The highest BCUT2D eigenvalue weighted by Gasteiger charge is 0.849. The van der Waals surface area contributed by atoms with Crippen molar-refractivity contribution in [3.63, 3.8) is 0 Å². The summed E-state index contributed by atoms with van der Waals surface area (Å²) in [5.74, 6) is 0. The fourth-order valence-electron chi connectivity index (χ4n) is 0. The molecule has 0 fully saturated rings. The lowest BCUT2D eigenvalue weighted by molar-refractivity contribution is 0.399. The third-order valence-electron chi connectivity index (χ3n) is 0. The van der Waals surface area contributed by atoms with Gasteiger partial charge in [-0.3, -0.25) is 0 Å². The Bertz CT molecular complexity index is 6.00. The van der Waals surface area contributed by atoms with E-state index in [0.29, 0.717) is 0 Å². The molecule has 1 N–H and O–H groups in total. The SMILES string of the molecule is CO.O=[PH2+]. The average Bonchev–Trinajstić information content (AvgIpc) is 1.50. The Morgan fingerprint density at radius 3 is 1.50 bits per heavy atom. The van der Waals surface area contributed by atoms with Gasteiger partial charge >= 0.3 is 9.12 Å². The van der Waals surface area contributed by atoms with Crippen LogP contribution < -0.4 is 0 Å². The van der Waals surface area contributed by atoms with Crippen molar-refractivity contribution in [2.45, 2.75) is 0 Å². The second-order valence-electron chi connectivity index (χ2n) is 0. The zero-order chi connectivity index (χ0) is 4.00. The van der Waals surface area contributed by atoms with Gasteiger partial charge in [-0.15, -0.1) is 0 Å². The predicted octanol–water partition coefficient (Wildman–Crippen LogP) is -0.185. The van der Waals surface area contributed by atoms with E-state index in [-0.39, 0.29) is 0 Å². The Morgan fingerprint density at radius 1 is 1.50 bits per heavy atom. The fourth-order valence-corrected chi connectivity index (χ4v) is 0. The second kappa shape index (κ2) is 3610. The molecule has 0 aromatic heterocycles. The molecular formula is CH6O2P+. The smallest absolute Gasteiger partial charge is 0.310 e. The molecule has 1 atom stereocenters. The Morgan fingerprint density at radius 2 is 1.50 bits per heavy atom. The Kier molecular flexibility index (Phi) is 8080. The minimum absolute atomic E-state index is 1.00. The molecule has 4 heavy (non-hydrogen) atoms. The number of rotatable bonds is 0. The molecule has 0 rings (SSSR count). The molecule has 0 aliphatic rings. The zero-order valence-corrected chi connectivity index (χ0v) is 3.59. The highest BCUT2D eigenvalue weighted by atomic mass is 31.0. The first-order valence-electron chi connectivity index (χ1n) is 0.683. The summed E-state index contributed by atoms with van der Waals surface area (Å²) in [5, 5.41) is 7.00. The van der Waals surface area contributed by atoms with E-state index in [4.69, 9.17) is 9.67 Å². The summed E-state index contributed by atoms with van der Waals surface area (Å²) >= 11 is 0. The molecule has 3 heteroatoms. The minimum Gasteiger partial charge on any atom is -0.400 e. The number of hydrogen-bond acceptors (Lipinski definition) is 2. The van der Waals surface area contributed by atoms with Crippen LogP contribution in [0.1, 0.15) is 0 Å². The van der Waals surface area contributed by atoms with Gasteiger partial charge in [0.25, 0.3) is 0 Å². The van der Waals surface area contributed by atoms with Crippen molar-refractivity contribution in [1.82, 2.24) is 0 Å². The summed E-state index contributed by atoms with van der Waals surface area (Å²) in [6, 6.07) is 0. The number of hydrogen-bond donors (Lipinski definition) is 1. The third kappa shape index (κ3) is 643. The first kappa shape index (κ1) is 8.96. The van der Waals surface area contributed by atoms with Gasteiger partial charge in [-0.2, -0.15) is 0 Å². The number of aliphatic hydroxyl groups is 1. The van der Waals surface area contributed by atoms with Gasteiger partial charge in [0.1, 0.15) is 0 Å². The van der Waals surface area contributed by atoms with Crippen molar-refractivity contribution in [2.24, 2.45) is 0 Å². The standard InChI is InChI=1S/CH4O.H2OP/c2*1-2/h2H,1H3;2H2/q;+1. The molecule has 0 saturated heterocycles. The largest absolute Gasteiger partial charge is 0.400 e. The van der Waals surface area contributed by atoms with Gasteiger partial charge < -0.3 is 5.11 Å². The van der Waals surface area contributed by atoms with E-state index in [1.54, 1.807) is 0 Å². The summed E-state index contributed by atoms with van der Waals surface area (Å²) in [6.45, 7) is 0. The molecule has 0 aliphatic heterocycles. The lowest BCUT2D eigenvalue weighted by Crippen LogP contribution is -1.25. The van der Waals surface area contributed by atoms with E-state index in [2.05, 4.69) is 0 Å². The average molecular weight is 81.0 g/mol. The minimum atomic E-state index is 1.00. The molecule has 0 radical (unpaired) electrons. The topological polar surface area (TPSA) is 37.3 Å². The van der Waals surface area contributed by atoms with Gasteiger partial charge in [0, 0.05) is 7.11 Å².